The molecule has 0 atom stereocenters. The maximum absolute atomic E-state index is 7.28. The first kappa shape index (κ1) is 11.9. The fourth-order valence-electron chi connectivity index (χ4n) is 1.26. The normalized spacial score (nSPS) is 9.67. The Hall–Kier alpha value is -1.13. The van der Waals surface area contributed by atoms with Crippen LogP contribution in [-0.4, -0.2) is 10.8 Å². The number of rotatable bonds is 1. The van der Waals surface area contributed by atoms with Crippen molar-refractivity contribution in [2.75, 3.05) is 0 Å². The van der Waals surface area contributed by atoms with Gasteiger partial charge in [0.05, 0.1) is 5.52 Å². The minimum atomic E-state index is -0.0114. The number of nitrogens with one attached hydrogen (secondary N) is 1. The molecular weight excluding hydrogens is 277 g/mol. The lowest BCUT2D eigenvalue weighted by molar-refractivity contribution is 1.30. The third-order valence-corrected chi connectivity index (χ3v) is 2.59. The van der Waals surface area contributed by atoms with E-state index in [4.69, 9.17) is 11.1 Å². The quantitative estimate of drug-likeness (QED) is 0.625. The van der Waals surface area contributed by atoms with Crippen LogP contribution in [0.2, 0.25) is 0 Å². The number of amidine groups is 1. The molecule has 0 unspecified atom stereocenters. The summed E-state index contributed by atoms with van der Waals surface area (Å²) in [6, 6.07) is 9.48. The summed E-state index contributed by atoms with van der Waals surface area (Å²) in [4.78, 5) is 4.28. The van der Waals surface area contributed by atoms with E-state index in [1.54, 1.807) is 6.07 Å². The zero-order chi connectivity index (χ0) is 10.1. The van der Waals surface area contributed by atoms with Gasteiger partial charge < -0.3 is 5.73 Å². The number of halogens is 2. The van der Waals surface area contributed by atoms with Crippen LogP contribution >= 0.6 is 28.3 Å². The van der Waals surface area contributed by atoms with Gasteiger partial charge in [-0.3, -0.25) is 5.41 Å². The molecule has 78 valence electrons. The molecule has 0 radical (unpaired) electrons. The standard InChI is InChI=1S/C10H8BrN3.ClH/c11-7-3-1-2-6-4-5-8(10(12)13)14-9(6)7;/h1-5H,(H3,12,13);1H. The number of hydrogen-bond donors (Lipinski definition) is 2. The highest BCUT2D eigenvalue weighted by Crippen LogP contribution is 2.21. The maximum Gasteiger partial charge on any atom is 0.141 e. The number of hydrogen-bond acceptors (Lipinski definition) is 2. The first-order valence-corrected chi connectivity index (χ1v) is 4.87. The van der Waals surface area contributed by atoms with Crippen molar-refractivity contribution < 1.29 is 0 Å². The molecule has 0 bridgehead atoms. The third kappa shape index (κ3) is 2.27. The average molecular weight is 287 g/mol. The van der Waals surface area contributed by atoms with E-state index in [0.717, 1.165) is 15.4 Å². The van der Waals surface area contributed by atoms with Crippen LogP contribution in [0, 0.1) is 5.41 Å². The van der Waals surface area contributed by atoms with E-state index in [0.29, 0.717) is 5.69 Å². The number of nitrogens with two attached hydrogens (primary N) is 1. The van der Waals surface area contributed by atoms with Gasteiger partial charge in [-0.1, -0.05) is 18.2 Å². The molecule has 2 aromatic rings. The van der Waals surface area contributed by atoms with Crippen LogP contribution in [0.15, 0.2) is 34.8 Å². The molecule has 0 saturated carbocycles. The van der Waals surface area contributed by atoms with E-state index in [1.165, 1.54) is 0 Å². The Balaban J connectivity index is 0.00000112. The molecule has 0 saturated heterocycles. The highest BCUT2D eigenvalue weighted by Gasteiger charge is 2.02. The van der Waals surface area contributed by atoms with Gasteiger partial charge in [-0.25, -0.2) is 4.98 Å². The zero-order valence-corrected chi connectivity index (χ0v) is 10.1. The molecule has 0 fully saturated rings. The van der Waals surface area contributed by atoms with Gasteiger partial charge >= 0.3 is 0 Å². The van der Waals surface area contributed by atoms with Gasteiger partial charge in [0.15, 0.2) is 0 Å². The van der Waals surface area contributed by atoms with Gasteiger partial charge in [-0.2, -0.15) is 0 Å². The van der Waals surface area contributed by atoms with Gasteiger partial charge in [0, 0.05) is 9.86 Å². The van der Waals surface area contributed by atoms with Crippen LogP contribution in [-0.2, 0) is 0 Å². The molecule has 3 N–H and O–H groups in total. The molecule has 0 aliphatic carbocycles. The van der Waals surface area contributed by atoms with Crippen molar-refractivity contribution in [1.82, 2.24) is 4.98 Å². The average Bonchev–Trinajstić information content (AvgIpc) is 2.18. The van der Waals surface area contributed by atoms with Crippen LogP contribution in [0.25, 0.3) is 10.9 Å². The molecule has 3 nitrogen and oxygen atoms in total. The Labute approximate surface area is 102 Å². The SMILES string of the molecule is Cl.N=C(N)c1ccc2cccc(Br)c2n1. The number of pyridine rings is 1. The summed E-state index contributed by atoms with van der Waals surface area (Å²) in [5.41, 5.74) is 6.70. The Morgan fingerprint density at radius 3 is 2.67 bits per heavy atom. The van der Waals surface area contributed by atoms with Crippen molar-refractivity contribution in [2.24, 2.45) is 5.73 Å². The predicted molar refractivity (Wildman–Crippen MR) is 67.7 cm³/mol. The van der Waals surface area contributed by atoms with Gasteiger partial charge in [0.25, 0.3) is 0 Å². The summed E-state index contributed by atoms with van der Waals surface area (Å²) in [7, 11) is 0. The van der Waals surface area contributed by atoms with Crippen molar-refractivity contribution in [3.05, 3.63) is 40.5 Å². The van der Waals surface area contributed by atoms with Gasteiger partial charge in [0.2, 0.25) is 0 Å². The molecule has 15 heavy (non-hydrogen) atoms. The first-order valence-electron chi connectivity index (χ1n) is 4.08. The van der Waals surface area contributed by atoms with Crippen LogP contribution in [0.5, 0.6) is 0 Å². The summed E-state index contributed by atoms with van der Waals surface area (Å²) in [6.45, 7) is 0. The minimum Gasteiger partial charge on any atom is -0.382 e. The molecule has 1 aromatic heterocycles. The lowest BCUT2D eigenvalue weighted by Crippen LogP contribution is -2.12. The summed E-state index contributed by atoms with van der Waals surface area (Å²) in [6.07, 6.45) is 0. The summed E-state index contributed by atoms with van der Waals surface area (Å²) < 4.78 is 0.915. The van der Waals surface area contributed by atoms with Crippen LogP contribution in [0.1, 0.15) is 5.69 Å². The Bertz CT molecular complexity index is 513. The van der Waals surface area contributed by atoms with E-state index in [9.17, 15) is 0 Å². The fraction of sp³-hybridized carbons (Fsp3) is 0. The summed E-state index contributed by atoms with van der Waals surface area (Å²) in [5, 5.41) is 8.31. The van der Waals surface area contributed by atoms with Gasteiger partial charge in [-0.05, 0) is 28.1 Å². The second-order valence-electron chi connectivity index (χ2n) is 2.92. The highest BCUT2D eigenvalue weighted by molar-refractivity contribution is 9.10. The van der Waals surface area contributed by atoms with E-state index < -0.39 is 0 Å². The number of nitrogen functional groups attached to an aromatic ring is 1. The monoisotopic (exact) mass is 285 g/mol. The zero-order valence-electron chi connectivity index (χ0n) is 7.70. The van der Waals surface area contributed by atoms with Crippen molar-refractivity contribution in [3.8, 4) is 0 Å². The van der Waals surface area contributed by atoms with Gasteiger partial charge in [-0.15, -0.1) is 12.4 Å². The number of aromatic nitrogens is 1. The van der Waals surface area contributed by atoms with Crippen LogP contribution < -0.4 is 5.73 Å². The first-order chi connectivity index (χ1) is 6.68. The molecule has 1 aromatic carbocycles. The summed E-state index contributed by atoms with van der Waals surface area (Å²) in [5.74, 6) is -0.0114. The Morgan fingerprint density at radius 2 is 2.00 bits per heavy atom. The van der Waals surface area contributed by atoms with Crippen LogP contribution in [0.4, 0.5) is 0 Å². The Morgan fingerprint density at radius 1 is 1.27 bits per heavy atom. The molecule has 0 aliphatic heterocycles. The lowest BCUT2D eigenvalue weighted by atomic mass is 10.2. The van der Waals surface area contributed by atoms with E-state index >= 15 is 0 Å². The van der Waals surface area contributed by atoms with E-state index in [-0.39, 0.29) is 18.2 Å². The second-order valence-corrected chi connectivity index (χ2v) is 3.78. The van der Waals surface area contributed by atoms with Crippen molar-refractivity contribution >= 4 is 45.1 Å². The Kier molecular flexibility index (Phi) is 3.66. The highest BCUT2D eigenvalue weighted by atomic mass is 79.9. The van der Waals surface area contributed by atoms with Crippen molar-refractivity contribution in [2.45, 2.75) is 0 Å². The predicted octanol–water partition coefficient (Wildman–Crippen LogP) is 2.70. The largest absolute Gasteiger partial charge is 0.382 e. The van der Waals surface area contributed by atoms with Gasteiger partial charge in [0.1, 0.15) is 11.5 Å². The smallest absolute Gasteiger partial charge is 0.141 e. The molecule has 2 rings (SSSR count). The maximum atomic E-state index is 7.28. The van der Waals surface area contributed by atoms with Crippen molar-refractivity contribution in [3.63, 3.8) is 0 Å². The van der Waals surface area contributed by atoms with Crippen molar-refractivity contribution in [1.29, 1.82) is 5.41 Å². The number of nitrogens with zero attached hydrogens (tertiary/aromatic N) is 1. The molecule has 1 heterocycles. The van der Waals surface area contributed by atoms with E-state index in [2.05, 4.69) is 20.9 Å². The minimum absolute atomic E-state index is 0. The molecule has 0 amide bonds. The fourth-order valence-corrected chi connectivity index (χ4v) is 1.73. The molecule has 0 aliphatic rings. The number of para-hydroxylation sites is 1. The molecule has 0 spiro atoms. The summed E-state index contributed by atoms with van der Waals surface area (Å²) >= 11 is 3.41. The number of fused-ring (bicyclic) bond motifs is 1. The third-order valence-electron chi connectivity index (χ3n) is 1.95. The van der Waals surface area contributed by atoms with Crippen LogP contribution in [0.3, 0.4) is 0 Å². The molecule has 5 heteroatoms. The molecular formula is C10H9BrClN3. The lowest BCUT2D eigenvalue weighted by Gasteiger charge is -2.02. The topological polar surface area (TPSA) is 62.8 Å². The number of benzene rings is 1. The second kappa shape index (κ2) is 4.59. The van der Waals surface area contributed by atoms with E-state index in [1.807, 2.05) is 24.3 Å².